The van der Waals surface area contributed by atoms with Crippen LogP contribution in [0, 0.1) is 5.92 Å². The first kappa shape index (κ1) is 22.1. The lowest BCUT2D eigenvalue weighted by Gasteiger charge is -2.24. The molecule has 0 fully saturated rings. The van der Waals surface area contributed by atoms with E-state index in [0.717, 1.165) is 16.3 Å². The number of hydrogen-bond donors (Lipinski definition) is 3. The highest BCUT2D eigenvalue weighted by molar-refractivity contribution is 6.59. The molecule has 0 aliphatic rings. The molecule has 0 saturated carbocycles. The molecule has 29 heavy (non-hydrogen) atoms. The molecule has 2 rings (SSSR count). The molecule has 0 spiro atoms. The van der Waals surface area contributed by atoms with Crippen molar-refractivity contribution in [2.45, 2.75) is 38.8 Å². The van der Waals surface area contributed by atoms with E-state index in [4.69, 9.17) is 5.11 Å². The van der Waals surface area contributed by atoms with Crippen molar-refractivity contribution < 1.29 is 24.3 Å². The Morgan fingerprint density at radius 1 is 1.00 bits per heavy atom. The van der Waals surface area contributed by atoms with Crippen molar-refractivity contribution in [1.29, 1.82) is 0 Å². The minimum atomic E-state index is -1.19. The van der Waals surface area contributed by atoms with Gasteiger partial charge in [-0.05, 0) is 22.3 Å². The number of rotatable bonds is 9. The highest BCUT2D eigenvalue weighted by atomic mass is 16.4. The maximum Gasteiger partial charge on any atom is 0.305 e. The predicted molar refractivity (Wildman–Crippen MR) is 112 cm³/mol. The average molecular weight is 396 g/mol. The van der Waals surface area contributed by atoms with Gasteiger partial charge in [-0.2, -0.15) is 0 Å². The normalized spacial score (nSPS) is 12.9. The lowest BCUT2D eigenvalue weighted by Crippen LogP contribution is -2.54. The van der Waals surface area contributed by atoms with E-state index in [1.54, 1.807) is 13.8 Å². The maximum atomic E-state index is 12.6. The number of amides is 2. The number of hydrogen-bond acceptors (Lipinski definition) is 4. The van der Waals surface area contributed by atoms with Crippen molar-refractivity contribution in [1.82, 2.24) is 10.6 Å². The van der Waals surface area contributed by atoms with Gasteiger partial charge < -0.3 is 20.5 Å². The van der Waals surface area contributed by atoms with Gasteiger partial charge in [0.15, 0.2) is 7.85 Å². The molecule has 0 unspecified atom stereocenters. The highest BCUT2D eigenvalue weighted by Gasteiger charge is 2.28. The van der Waals surface area contributed by atoms with Crippen LogP contribution in [-0.4, -0.2) is 48.5 Å². The minimum absolute atomic E-state index is 0.104. The van der Waals surface area contributed by atoms with Crippen molar-refractivity contribution in [3.05, 3.63) is 48.0 Å². The summed E-state index contributed by atoms with van der Waals surface area (Å²) in [4.78, 5) is 47.6. The lowest BCUT2D eigenvalue weighted by atomic mass is 9.92. The number of aliphatic carboxylic acids is 1. The van der Waals surface area contributed by atoms with Gasteiger partial charge in [-0.1, -0.05) is 56.3 Å². The first-order valence-electron chi connectivity index (χ1n) is 9.47. The summed E-state index contributed by atoms with van der Waals surface area (Å²) in [6.45, 7) is 3.53. The smallest absolute Gasteiger partial charge is 0.305 e. The van der Waals surface area contributed by atoms with Crippen molar-refractivity contribution in [2.75, 3.05) is 0 Å². The predicted octanol–water partition coefficient (Wildman–Crippen LogP) is 0.642. The zero-order valence-corrected chi connectivity index (χ0v) is 16.8. The third kappa shape index (κ3) is 6.45. The van der Waals surface area contributed by atoms with Crippen molar-refractivity contribution in [3.8, 4) is 0 Å². The van der Waals surface area contributed by atoms with Gasteiger partial charge in [0.2, 0.25) is 11.8 Å². The Bertz CT molecular complexity index is 928. The summed E-state index contributed by atoms with van der Waals surface area (Å²) in [6.07, 6.45) is -0.399. The van der Waals surface area contributed by atoms with Crippen molar-refractivity contribution >= 4 is 42.1 Å². The Morgan fingerprint density at radius 3 is 2.24 bits per heavy atom. The van der Waals surface area contributed by atoms with E-state index in [9.17, 15) is 19.2 Å². The zero-order valence-electron chi connectivity index (χ0n) is 16.8. The van der Waals surface area contributed by atoms with Gasteiger partial charge in [-0.3, -0.25) is 14.4 Å². The number of carbonyl (C=O) groups is 4. The van der Waals surface area contributed by atoms with Crippen LogP contribution in [0.3, 0.4) is 0 Å². The van der Waals surface area contributed by atoms with Crippen LogP contribution >= 0.6 is 0 Å². The third-order valence-corrected chi connectivity index (χ3v) is 4.63. The molecule has 0 heterocycles. The molecule has 3 N–H and O–H groups in total. The van der Waals surface area contributed by atoms with Crippen LogP contribution < -0.4 is 10.6 Å². The Morgan fingerprint density at radius 2 is 1.66 bits per heavy atom. The topological polar surface area (TPSA) is 113 Å². The first-order valence-corrected chi connectivity index (χ1v) is 9.47. The number of nitrogens with one attached hydrogen (secondary N) is 2. The van der Waals surface area contributed by atoms with E-state index in [0.29, 0.717) is 0 Å². The molecule has 2 amide bonds. The van der Waals surface area contributed by atoms with E-state index >= 15 is 0 Å². The number of benzene rings is 2. The third-order valence-electron chi connectivity index (χ3n) is 4.63. The van der Waals surface area contributed by atoms with Gasteiger partial charge in [-0.25, -0.2) is 0 Å². The zero-order chi connectivity index (χ0) is 21.6. The molecule has 0 bridgehead atoms. The maximum absolute atomic E-state index is 12.6. The fourth-order valence-electron chi connectivity index (χ4n) is 3.03. The Hall–Kier alpha value is -3.16. The van der Waals surface area contributed by atoms with E-state index in [-0.39, 0.29) is 18.2 Å². The summed E-state index contributed by atoms with van der Waals surface area (Å²) >= 11 is 0. The summed E-state index contributed by atoms with van der Waals surface area (Å²) < 4.78 is 0. The van der Waals surface area contributed by atoms with Crippen LogP contribution in [0.2, 0.25) is 0 Å². The molecular weight excluding hydrogens is 371 g/mol. The summed E-state index contributed by atoms with van der Waals surface area (Å²) in [7, 11) is 1.22. The molecular formula is C21H25BN2O5. The molecule has 0 radical (unpaired) electrons. The molecule has 2 aromatic rings. The van der Waals surface area contributed by atoms with Gasteiger partial charge in [0.25, 0.3) is 0 Å². The van der Waals surface area contributed by atoms with Gasteiger partial charge in [0, 0.05) is 0 Å². The van der Waals surface area contributed by atoms with Crippen LogP contribution in [0.4, 0.5) is 0 Å². The Balaban J connectivity index is 2.05. The van der Waals surface area contributed by atoms with E-state index < -0.39 is 36.1 Å². The second-order valence-electron chi connectivity index (χ2n) is 7.42. The lowest BCUT2D eigenvalue weighted by molar-refractivity contribution is -0.139. The number of carboxylic acid groups (broad SMARTS) is 1. The fourth-order valence-corrected chi connectivity index (χ4v) is 3.03. The van der Waals surface area contributed by atoms with Crippen molar-refractivity contribution in [3.63, 3.8) is 0 Å². The number of fused-ring (bicyclic) bond motifs is 1. The Labute approximate surface area is 170 Å². The summed E-state index contributed by atoms with van der Waals surface area (Å²) in [5.74, 6) is -2.33. The van der Waals surface area contributed by atoms with Gasteiger partial charge in [-0.15, -0.1) is 0 Å². The van der Waals surface area contributed by atoms with Crippen LogP contribution in [0.5, 0.6) is 0 Å². The quantitative estimate of drug-likeness (QED) is 0.539. The fraction of sp³-hybridized carbons (Fsp3) is 0.333. The van der Waals surface area contributed by atoms with E-state index in [1.807, 2.05) is 42.5 Å². The second kappa shape index (κ2) is 9.86. The SMILES string of the molecule is BC(=O)[C@H](CC(=O)O)NC(=O)[C@@H](NC(=O)Cc1ccc2ccccc2c1)C(C)C. The van der Waals surface area contributed by atoms with Gasteiger partial charge in [0.05, 0.1) is 18.9 Å². The van der Waals surface area contributed by atoms with Crippen LogP contribution in [0.1, 0.15) is 25.8 Å². The molecule has 2 aromatic carbocycles. The van der Waals surface area contributed by atoms with Crippen LogP contribution in [0.25, 0.3) is 10.8 Å². The number of carboxylic acids is 1. The van der Waals surface area contributed by atoms with Crippen molar-refractivity contribution in [2.24, 2.45) is 5.92 Å². The largest absolute Gasteiger partial charge is 0.481 e. The molecule has 7 nitrogen and oxygen atoms in total. The first-order chi connectivity index (χ1) is 13.7. The molecule has 0 aliphatic heterocycles. The highest BCUT2D eigenvalue weighted by Crippen LogP contribution is 2.16. The average Bonchev–Trinajstić information content (AvgIpc) is 2.64. The van der Waals surface area contributed by atoms with Gasteiger partial charge in [0.1, 0.15) is 11.7 Å². The molecule has 2 atom stereocenters. The number of carbonyl (C=O) groups excluding carboxylic acids is 3. The van der Waals surface area contributed by atoms with E-state index in [1.165, 1.54) is 7.85 Å². The standard InChI is InChI=1S/C21H25BN2O5/c1-12(2)19(21(29)23-16(20(22)28)11-18(26)27)24-17(25)10-13-7-8-14-5-3-4-6-15(14)9-13/h3-9,12,16,19H,10-11,22H2,1-2H3,(H,23,29)(H,24,25)(H,26,27)/t16-,19-/m0/s1. The monoisotopic (exact) mass is 396 g/mol. The minimum Gasteiger partial charge on any atom is -0.481 e. The Kier molecular flexibility index (Phi) is 7.53. The van der Waals surface area contributed by atoms with Crippen LogP contribution in [0.15, 0.2) is 42.5 Å². The second-order valence-corrected chi connectivity index (χ2v) is 7.42. The van der Waals surface area contributed by atoms with E-state index in [2.05, 4.69) is 10.6 Å². The summed E-state index contributed by atoms with van der Waals surface area (Å²) in [5, 5.41) is 16.1. The molecule has 0 saturated heterocycles. The van der Waals surface area contributed by atoms with Gasteiger partial charge >= 0.3 is 5.97 Å². The van der Waals surface area contributed by atoms with Crippen LogP contribution in [-0.2, 0) is 25.6 Å². The summed E-state index contributed by atoms with van der Waals surface area (Å²) in [5.41, 5.74) is 0.363. The molecule has 152 valence electrons. The molecule has 8 heteroatoms. The molecule has 0 aliphatic carbocycles. The molecule has 0 aromatic heterocycles. The summed E-state index contributed by atoms with van der Waals surface area (Å²) in [6, 6.07) is 11.5.